The molecule has 9 rings (SSSR count). The summed E-state index contributed by atoms with van der Waals surface area (Å²) in [6, 6.07) is 42.5. The third kappa shape index (κ3) is 3.79. The summed E-state index contributed by atoms with van der Waals surface area (Å²) in [5.74, 6) is 0. The van der Waals surface area contributed by atoms with Gasteiger partial charge in [-0.25, -0.2) is 0 Å². The molecule has 1 nitrogen and oxygen atoms in total. The SMILES string of the molecule is [2H]c1c([2H])c([2H])c(-c2ccc3oc4cc(-c5c6ccccc6c(-c6ccc7ccccc7c6)c6ccccc56)ccc4c3c2)c([2H])c1[2H]. The summed E-state index contributed by atoms with van der Waals surface area (Å²) in [7, 11) is 0. The first-order valence-electron chi connectivity index (χ1n) is 16.9. The Labute approximate surface area is 256 Å². The molecule has 8 aromatic carbocycles. The van der Waals surface area contributed by atoms with Gasteiger partial charge in [-0.05, 0) is 96.0 Å². The molecule has 0 amide bonds. The molecule has 9 aromatic rings. The minimum Gasteiger partial charge on any atom is -0.456 e. The van der Waals surface area contributed by atoms with E-state index in [-0.39, 0.29) is 29.7 Å². The van der Waals surface area contributed by atoms with Crippen molar-refractivity contribution < 1.29 is 11.3 Å². The summed E-state index contributed by atoms with van der Waals surface area (Å²) >= 11 is 0. The summed E-state index contributed by atoms with van der Waals surface area (Å²) < 4.78 is 47.6. The molecule has 1 heteroatoms. The van der Waals surface area contributed by atoms with E-state index in [2.05, 4.69) is 109 Å². The molecular formula is C42H26O. The van der Waals surface area contributed by atoms with Crippen LogP contribution in [0.2, 0.25) is 0 Å². The van der Waals surface area contributed by atoms with Gasteiger partial charge < -0.3 is 4.42 Å². The highest BCUT2D eigenvalue weighted by molar-refractivity contribution is 6.22. The Bertz CT molecular complexity index is 2710. The Balaban J connectivity index is 1.26. The van der Waals surface area contributed by atoms with Crippen LogP contribution in [0.4, 0.5) is 0 Å². The largest absolute Gasteiger partial charge is 0.456 e. The molecule has 0 N–H and O–H groups in total. The predicted molar refractivity (Wildman–Crippen MR) is 183 cm³/mol. The molecule has 0 saturated carbocycles. The fourth-order valence-electron chi connectivity index (χ4n) is 6.58. The lowest BCUT2D eigenvalue weighted by Gasteiger charge is -2.18. The lowest BCUT2D eigenvalue weighted by atomic mass is 9.85. The maximum atomic E-state index is 8.47. The topological polar surface area (TPSA) is 13.1 Å². The quantitative estimate of drug-likeness (QED) is 0.199. The van der Waals surface area contributed by atoms with Gasteiger partial charge in [0.15, 0.2) is 0 Å². The van der Waals surface area contributed by atoms with Gasteiger partial charge >= 0.3 is 0 Å². The molecule has 0 atom stereocenters. The third-order valence-electron chi connectivity index (χ3n) is 8.52. The second kappa shape index (κ2) is 9.44. The summed E-state index contributed by atoms with van der Waals surface area (Å²) in [5, 5.41) is 8.79. The first kappa shape index (κ1) is 19.5. The third-order valence-corrected chi connectivity index (χ3v) is 8.52. The molecule has 200 valence electrons. The average molecular weight is 552 g/mol. The summed E-state index contributed by atoms with van der Waals surface area (Å²) in [5.41, 5.74) is 6.66. The van der Waals surface area contributed by atoms with Crippen LogP contribution in [0.3, 0.4) is 0 Å². The van der Waals surface area contributed by atoms with Crippen molar-refractivity contribution in [2.45, 2.75) is 0 Å². The van der Waals surface area contributed by atoms with E-state index in [4.69, 9.17) is 11.3 Å². The molecule has 43 heavy (non-hydrogen) atoms. The van der Waals surface area contributed by atoms with Crippen LogP contribution in [-0.4, -0.2) is 0 Å². The first-order valence-corrected chi connectivity index (χ1v) is 14.4. The zero-order valence-electron chi connectivity index (χ0n) is 28.0. The summed E-state index contributed by atoms with van der Waals surface area (Å²) in [6.45, 7) is 0. The van der Waals surface area contributed by atoms with Crippen molar-refractivity contribution in [1.82, 2.24) is 0 Å². The molecular weight excluding hydrogens is 520 g/mol. The Kier molecular flexibility index (Phi) is 4.27. The second-order valence-corrected chi connectivity index (χ2v) is 10.9. The van der Waals surface area contributed by atoms with Crippen LogP contribution in [-0.2, 0) is 0 Å². The highest BCUT2D eigenvalue weighted by Crippen LogP contribution is 2.45. The fourth-order valence-corrected chi connectivity index (χ4v) is 6.58. The molecule has 1 heterocycles. The molecule has 0 fully saturated rings. The van der Waals surface area contributed by atoms with E-state index >= 15 is 0 Å². The molecule has 0 aliphatic rings. The zero-order chi connectivity index (χ0) is 32.7. The van der Waals surface area contributed by atoms with E-state index in [0.717, 1.165) is 32.7 Å². The van der Waals surface area contributed by atoms with E-state index in [0.29, 0.717) is 16.7 Å². The first-order chi connectivity index (χ1) is 23.4. The van der Waals surface area contributed by atoms with Gasteiger partial charge in [0, 0.05) is 10.8 Å². The number of benzene rings is 8. The van der Waals surface area contributed by atoms with Crippen molar-refractivity contribution in [3.63, 3.8) is 0 Å². The van der Waals surface area contributed by atoms with E-state index in [1.54, 1.807) is 6.07 Å². The minimum absolute atomic E-state index is 0.179. The van der Waals surface area contributed by atoms with E-state index in [1.165, 1.54) is 32.7 Å². The minimum atomic E-state index is -0.401. The van der Waals surface area contributed by atoms with Crippen LogP contribution in [0.25, 0.3) is 87.6 Å². The molecule has 0 bridgehead atoms. The van der Waals surface area contributed by atoms with Gasteiger partial charge in [-0.2, -0.15) is 0 Å². The zero-order valence-corrected chi connectivity index (χ0v) is 23.0. The smallest absolute Gasteiger partial charge is 0.136 e. The van der Waals surface area contributed by atoms with Gasteiger partial charge in [0.05, 0.1) is 6.85 Å². The average Bonchev–Trinajstić information content (AvgIpc) is 3.49. The molecule has 0 aliphatic carbocycles. The molecule has 0 aliphatic heterocycles. The molecule has 0 saturated heterocycles. The maximum absolute atomic E-state index is 8.47. The van der Waals surface area contributed by atoms with Crippen LogP contribution >= 0.6 is 0 Å². The van der Waals surface area contributed by atoms with Crippen molar-refractivity contribution in [2.75, 3.05) is 0 Å². The summed E-state index contributed by atoms with van der Waals surface area (Å²) in [4.78, 5) is 0. The molecule has 0 unspecified atom stereocenters. The molecule has 0 radical (unpaired) electrons. The standard InChI is InChI=1S/C42H26O/c1-2-10-27(11-3-1)30-21-23-39-38(25-30)33-22-20-32(26-40(33)43-39)42-36-16-8-6-14-34(36)41(35-15-7-9-17-37(35)42)31-19-18-28-12-4-5-13-29(28)24-31/h1-26H/i1D,2D,3D,10D,11D. The Morgan fingerprint density at radius 2 is 0.953 bits per heavy atom. The number of furan rings is 1. The number of rotatable bonds is 3. The van der Waals surface area contributed by atoms with Gasteiger partial charge in [0.25, 0.3) is 0 Å². The monoisotopic (exact) mass is 551 g/mol. The Morgan fingerprint density at radius 1 is 0.372 bits per heavy atom. The van der Waals surface area contributed by atoms with Gasteiger partial charge in [-0.15, -0.1) is 0 Å². The van der Waals surface area contributed by atoms with Gasteiger partial charge in [-0.3, -0.25) is 0 Å². The van der Waals surface area contributed by atoms with Crippen molar-refractivity contribution in [1.29, 1.82) is 0 Å². The maximum Gasteiger partial charge on any atom is 0.136 e. The Morgan fingerprint density at radius 3 is 1.65 bits per heavy atom. The molecule has 0 spiro atoms. The van der Waals surface area contributed by atoms with E-state index in [9.17, 15) is 0 Å². The van der Waals surface area contributed by atoms with Gasteiger partial charge in [-0.1, -0.05) is 127 Å². The lowest BCUT2D eigenvalue weighted by molar-refractivity contribution is 0.669. The van der Waals surface area contributed by atoms with Crippen LogP contribution in [0.5, 0.6) is 0 Å². The van der Waals surface area contributed by atoms with E-state index < -0.39 is 6.04 Å². The van der Waals surface area contributed by atoms with Crippen molar-refractivity contribution in [3.8, 4) is 33.4 Å². The second-order valence-electron chi connectivity index (χ2n) is 10.9. The van der Waals surface area contributed by atoms with Crippen LogP contribution in [0, 0.1) is 0 Å². The van der Waals surface area contributed by atoms with Crippen molar-refractivity contribution in [3.05, 3.63) is 158 Å². The van der Waals surface area contributed by atoms with Gasteiger partial charge in [0.2, 0.25) is 0 Å². The lowest BCUT2D eigenvalue weighted by Crippen LogP contribution is -1.91. The molecule has 1 aromatic heterocycles. The number of hydrogen-bond donors (Lipinski definition) is 0. The predicted octanol–water partition coefficient (Wildman–Crippen LogP) is 12.0. The van der Waals surface area contributed by atoms with Crippen LogP contribution < -0.4 is 0 Å². The highest BCUT2D eigenvalue weighted by atomic mass is 16.3. The highest BCUT2D eigenvalue weighted by Gasteiger charge is 2.18. The number of fused-ring (bicyclic) bond motifs is 6. The van der Waals surface area contributed by atoms with E-state index in [1.807, 2.05) is 12.1 Å². The van der Waals surface area contributed by atoms with Crippen LogP contribution in [0.15, 0.2) is 162 Å². The normalized spacial score (nSPS) is 13.3. The van der Waals surface area contributed by atoms with Crippen LogP contribution in [0.1, 0.15) is 6.85 Å². The van der Waals surface area contributed by atoms with Crippen molar-refractivity contribution >= 4 is 54.3 Å². The van der Waals surface area contributed by atoms with Crippen molar-refractivity contribution in [2.24, 2.45) is 0 Å². The summed E-state index contributed by atoms with van der Waals surface area (Å²) in [6.07, 6.45) is 0. The van der Waals surface area contributed by atoms with Gasteiger partial charge in [0.1, 0.15) is 11.2 Å². The number of hydrogen-bond acceptors (Lipinski definition) is 1. The Hall–Kier alpha value is -5.66. The fraction of sp³-hybridized carbons (Fsp3) is 0.